The van der Waals surface area contributed by atoms with Crippen LogP contribution in [0.1, 0.15) is 13.8 Å². The third-order valence-electron chi connectivity index (χ3n) is 2.83. The van der Waals surface area contributed by atoms with Crippen molar-refractivity contribution in [2.75, 3.05) is 33.7 Å². The Hall–Kier alpha value is -0.910. The summed E-state index contributed by atoms with van der Waals surface area (Å²) in [5.74, 6) is -0.0129. The zero-order chi connectivity index (χ0) is 13.5. The molecule has 1 fully saturated rings. The Morgan fingerprint density at radius 1 is 1.39 bits per heavy atom. The number of carbonyl (C=O) groups is 1. The fourth-order valence-corrected chi connectivity index (χ4v) is 2.04. The molecule has 0 bridgehead atoms. The van der Waals surface area contributed by atoms with Crippen molar-refractivity contribution < 1.29 is 4.79 Å². The molecule has 1 heterocycles. The number of likely N-dealkylation sites (N-methyl/N-ethyl adjacent to an activating group) is 1. The molecule has 0 spiro atoms. The molecule has 3 N–H and O–H groups in total. The third kappa shape index (κ3) is 5.62. The van der Waals surface area contributed by atoms with Gasteiger partial charge in [-0.3, -0.25) is 4.79 Å². The highest BCUT2D eigenvalue weighted by Gasteiger charge is 2.27. The smallest absolute Gasteiger partial charge is 0.244 e. The minimum atomic E-state index is -0.0129. The third-order valence-corrected chi connectivity index (χ3v) is 2.83. The predicted molar refractivity (Wildman–Crippen MR) is 74.6 cm³/mol. The molecule has 0 unspecified atom stereocenters. The van der Waals surface area contributed by atoms with E-state index >= 15 is 0 Å². The van der Waals surface area contributed by atoms with Crippen LogP contribution in [-0.4, -0.2) is 62.7 Å². The molecule has 104 valence electrons. The lowest BCUT2D eigenvalue weighted by Crippen LogP contribution is -2.50. The van der Waals surface area contributed by atoms with E-state index < -0.39 is 0 Å². The Morgan fingerprint density at radius 3 is 2.67 bits per heavy atom. The number of nitrogens with zero attached hydrogens (tertiary/aromatic N) is 1. The highest BCUT2D eigenvalue weighted by atomic mass is 16.1. The second-order valence-corrected chi connectivity index (χ2v) is 5.37. The van der Waals surface area contributed by atoms with Gasteiger partial charge >= 0.3 is 0 Å². The van der Waals surface area contributed by atoms with Crippen LogP contribution in [0.2, 0.25) is 0 Å². The van der Waals surface area contributed by atoms with E-state index in [4.69, 9.17) is 0 Å². The Balaban J connectivity index is 2.36. The number of nitrogens with one attached hydrogen (secondary N) is 3. The minimum absolute atomic E-state index is 0.0129. The molecule has 0 aromatic carbocycles. The Bertz CT molecular complexity index is 289. The lowest BCUT2D eigenvalue weighted by atomic mass is 10.1. The lowest BCUT2D eigenvalue weighted by Gasteiger charge is -2.22. The van der Waals surface area contributed by atoms with E-state index in [2.05, 4.69) is 29.8 Å². The molecule has 0 aromatic heterocycles. The molecule has 2 atom stereocenters. The minimum Gasteiger partial charge on any atom is -0.347 e. The van der Waals surface area contributed by atoms with Gasteiger partial charge in [0.05, 0.1) is 6.04 Å². The molecule has 1 aliphatic heterocycles. The van der Waals surface area contributed by atoms with Crippen LogP contribution in [0, 0.1) is 0 Å². The molecule has 1 aliphatic rings. The van der Waals surface area contributed by atoms with Crippen LogP contribution in [0.25, 0.3) is 0 Å². The molecule has 18 heavy (non-hydrogen) atoms. The van der Waals surface area contributed by atoms with E-state index in [1.807, 2.05) is 25.1 Å². The van der Waals surface area contributed by atoms with Crippen molar-refractivity contribution in [3.05, 3.63) is 12.2 Å². The van der Waals surface area contributed by atoms with Gasteiger partial charge in [0.1, 0.15) is 0 Å². The van der Waals surface area contributed by atoms with Gasteiger partial charge in [-0.1, -0.05) is 19.9 Å². The molecule has 0 radical (unpaired) electrons. The van der Waals surface area contributed by atoms with Crippen molar-refractivity contribution in [3.8, 4) is 0 Å². The monoisotopic (exact) mass is 254 g/mol. The zero-order valence-corrected chi connectivity index (χ0v) is 11.9. The largest absolute Gasteiger partial charge is 0.347 e. The van der Waals surface area contributed by atoms with Gasteiger partial charge in [0.2, 0.25) is 5.91 Å². The highest BCUT2D eigenvalue weighted by Crippen LogP contribution is 2.01. The summed E-state index contributed by atoms with van der Waals surface area (Å²) in [5, 5.41) is 9.80. The molecule has 0 aromatic rings. The van der Waals surface area contributed by atoms with Crippen LogP contribution in [0.4, 0.5) is 0 Å². The maximum atomic E-state index is 11.7. The average Bonchev–Trinajstić information content (AvgIpc) is 2.64. The maximum absolute atomic E-state index is 11.7. The van der Waals surface area contributed by atoms with Gasteiger partial charge in [-0.15, -0.1) is 0 Å². The lowest BCUT2D eigenvalue weighted by molar-refractivity contribution is -0.117. The molecule has 0 aliphatic carbocycles. The van der Waals surface area contributed by atoms with E-state index in [1.165, 1.54) is 0 Å². The van der Waals surface area contributed by atoms with Gasteiger partial charge < -0.3 is 20.9 Å². The fourth-order valence-electron chi connectivity index (χ4n) is 2.04. The van der Waals surface area contributed by atoms with Gasteiger partial charge in [0.25, 0.3) is 0 Å². The Morgan fingerprint density at radius 2 is 2.06 bits per heavy atom. The Kier molecular flexibility index (Phi) is 6.32. The number of carbonyl (C=O) groups excluding carboxylic acids is 1. The molecule has 1 amide bonds. The van der Waals surface area contributed by atoms with E-state index in [0.717, 1.165) is 19.6 Å². The standard InChI is InChI=1S/C13H26N4O/c1-10(2)15-11-8-14-9-12(11)16-13(18)6-5-7-17(3)4/h5-6,10-12,14-15H,7-9H2,1-4H3,(H,16,18)/b6-5+/t11-,12-/m1/s1. The number of amides is 1. The van der Waals surface area contributed by atoms with E-state index in [9.17, 15) is 4.79 Å². The summed E-state index contributed by atoms with van der Waals surface area (Å²) in [4.78, 5) is 13.8. The fraction of sp³-hybridized carbons (Fsp3) is 0.769. The van der Waals surface area contributed by atoms with Crippen LogP contribution < -0.4 is 16.0 Å². The summed E-state index contributed by atoms with van der Waals surface area (Å²) >= 11 is 0. The van der Waals surface area contributed by atoms with Crippen molar-refractivity contribution in [2.45, 2.75) is 32.0 Å². The average molecular weight is 254 g/mol. The normalized spacial score (nSPS) is 24.3. The first-order valence-corrected chi connectivity index (χ1v) is 6.57. The molecule has 1 rings (SSSR count). The zero-order valence-electron chi connectivity index (χ0n) is 11.9. The molecular weight excluding hydrogens is 228 g/mol. The van der Waals surface area contributed by atoms with E-state index in [0.29, 0.717) is 12.1 Å². The van der Waals surface area contributed by atoms with Gasteiger partial charge in [-0.2, -0.15) is 0 Å². The van der Waals surface area contributed by atoms with E-state index in [-0.39, 0.29) is 11.9 Å². The second kappa shape index (κ2) is 7.51. The van der Waals surface area contributed by atoms with Crippen molar-refractivity contribution >= 4 is 5.91 Å². The van der Waals surface area contributed by atoms with Crippen LogP contribution in [0.5, 0.6) is 0 Å². The molecule has 5 heteroatoms. The van der Waals surface area contributed by atoms with Gasteiger partial charge in [-0.05, 0) is 14.1 Å². The van der Waals surface area contributed by atoms with Crippen molar-refractivity contribution in [3.63, 3.8) is 0 Å². The van der Waals surface area contributed by atoms with Crippen LogP contribution in [-0.2, 0) is 4.79 Å². The topological polar surface area (TPSA) is 56.4 Å². The van der Waals surface area contributed by atoms with Crippen LogP contribution in [0.3, 0.4) is 0 Å². The molecule has 0 saturated carbocycles. The van der Waals surface area contributed by atoms with Gasteiger partial charge in [-0.25, -0.2) is 0 Å². The summed E-state index contributed by atoms with van der Waals surface area (Å²) < 4.78 is 0. The summed E-state index contributed by atoms with van der Waals surface area (Å²) in [6.45, 7) is 6.76. The maximum Gasteiger partial charge on any atom is 0.244 e. The quantitative estimate of drug-likeness (QED) is 0.563. The molecule has 5 nitrogen and oxygen atoms in total. The first-order valence-electron chi connectivity index (χ1n) is 6.57. The number of hydrogen-bond donors (Lipinski definition) is 3. The van der Waals surface area contributed by atoms with Crippen LogP contribution in [0.15, 0.2) is 12.2 Å². The summed E-state index contributed by atoms with van der Waals surface area (Å²) in [5.41, 5.74) is 0. The van der Waals surface area contributed by atoms with Gasteiger partial charge in [0, 0.05) is 37.8 Å². The summed E-state index contributed by atoms with van der Waals surface area (Å²) in [6.07, 6.45) is 3.49. The Labute approximate surface area is 110 Å². The number of hydrogen-bond acceptors (Lipinski definition) is 4. The number of rotatable bonds is 6. The summed E-state index contributed by atoms with van der Waals surface area (Å²) in [6, 6.07) is 0.915. The molecular formula is C13H26N4O. The van der Waals surface area contributed by atoms with Crippen molar-refractivity contribution in [1.82, 2.24) is 20.9 Å². The first kappa shape index (κ1) is 15.1. The second-order valence-electron chi connectivity index (χ2n) is 5.37. The van der Waals surface area contributed by atoms with Crippen LogP contribution >= 0.6 is 0 Å². The highest BCUT2D eigenvalue weighted by molar-refractivity contribution is 5.87. The van der Waals surface area contributed by atoms with Crippen molar-refractivity contribution in [2.24, 2.45) is 0 Å². The first-order chi connectivity index (χ1) is 8.49. The SMILES string of the molecule is CC(C)N[C@@H]1CNC[C@H]1NC(=O)/C=C/CN(C)C. The summed E-state index contributed by atoms with van der Waals surface area (Å²) in [7, 11) is 3.96. The van der Waals surface area contributed by atoms with Gasteiger partial charge in [0.15, 0.2) is 0 Å². The van der Waals surface area contributed by atoms with Crippen molar-refractivity contribution in [1.29, 1.82) is 0 Å². The molecule has 1 saturated heterocycles. The van der Waals surface area contributed by atoms with E-state index in [1.54, 1.807) is 6.08 Å². The predicted octanol–water partition coefficient (Wildman–Crippen LogP) is -0.441.